The van der Waals surface area contributed by atoms with Crippen LogP contribution in [0.4, 0.5) is 8.78 Å². The van der Waals surface area contributed by atoms with Gasteiger partial charge in [0.2, 0.25) is 0 Å². The molecule has 1 aliphatic heterocycles. The van der Waals surface area contributed by atoms with Crippen LogP contribution < -0.4 is 10.3 Å². The number of rotatable bonds is 7. The summed E-state index contributed by atoms with van der Waals surface area (Å²) in [6, 6.07) is 9.06. The van der Waals surface area contributed by atoms with Crippen molar-refractivity contribution in [2.75, 3.05) is 20.2 Å². The number of hydrogen-bond donors (Lipinski definition) is 1. The molecule has 4 aromatic rings. The first-order valence-electron chi connectivity index (χ1n) is 13.6. The number of aromatic nitrogens is 4. The molecule has 1 aliphatic rings. The number of aryl methyl sites for hydroxylation is 1. The zero-order valence-electron chi connectivity index (χ0n) is 23.2. The highest BCUT2D eigenvalue weighted by molar-refractivity contribution is 5.81. The summed E-state index contributed by atoms with van der Waals surface area (Å²) in [5.74, 6) is 9.86. The van der Waals surface area contributed by atoms with Crippen molar-refractivity contribution in [1.29, 1.82) is 0 Å². The van der Waals surface area contributed by atoms with Crippen LogP contribution >= 0.6 is 0 Å². The van der Waals surface area contributed by atoms with Crippen LogP contribution in [0.5, 0.6) is 6.01 Å². The molecule has 0 amide bonds. The molecule has 0 aliphatic carbocycles. The maximum absolute atomic E-state index is 14.7. The lowest BCUT2D eigenvalue weighted by Gasteiger charge is -2.25. The van der Waals surface area contributed by atoms with Gasteiger partial charge in [0.25, 0.3) is 5.56 Å². The fourth-order valence-electron chi connectivity index (χ4n) is 5.39. The number of nitrogens with one attached hydrogen (secondary N) is 1. The average Bonchev–Trinajstić information content (AvgIpc) is 3.61. The maximum Gasteiger partial charge on any atom is 0.319 e. The van der Waals surface area contributed by atoms with Crippen LogP contribution in [0.3, 0.4) is 0 Å². The van der Waals surface area contributed by atoms with Crippen molar-refractivity contribution < 1.29 is 13.5 Å². The monoisotopic (exact) mass is 555 g/mol. The number of benzene rings is 1. The van der Waals surface area contributed by atoms with Crippen LogP contribution in [0, 0.1) is 41.2 Å². The molecule has 3 aromatic heterocycles. The molecule has 9 heteroatoms. The third-order valence-corrected chi connectivity index (χ3v) is 7.60. The van der Waals surface area contributed by atoms with Crippen molar-refractivity contribution in [2.45, 2.75) is 38.1 Å². The van der Waals surface area contributed by atoms with Gasteiger partial charge in [0, 0.05) is 49.3 Å². The highest BCUT2D eigenvalue weighted by atomic mass is 19.1. The second-order valence-electron chi connectivity index (χ2n) is 10.4. The van der Waals surface area contributed by atoms with Crippen LogP contribution in [-0.4, -0.2) is 50.7 Å². The van der Waals surface area contributed by atoms with Crippen LogP contribution in [-0.2, 0) is 7.05 Å². The molecule has 0 bridgehead atoms. The molecular formula is C32H31F2N5O2. The molecule has 1 unspecified atom stereocenters. The Kier molecular flexibility index (Phi) is 8.47. The molecule has 5 rings (SSSR count). The fraction of sp³-hybridized carbons (Fsp3) is 0.344. The summed E-state index contributed by atoms with van der Waals surface area (Å²) in [7, 11) is 3.75. The van der Waals surface area contributed by atoms with E-state index < -0.39 is 17.6 Å². The first-order chi connectivity index (χ1) is 19.8. The number of H-pyrrole nitrogens is 1. The Morgan fingerprint density at radius 3 is 2.80 bits per heavy atom. The topological polar surface area (TPSA) is 76.0 Å². The van der Waals surface area contributed by atoms with E-state index in [0.29, 0.717) is 35.5 Å². The minimum absolute atomic E-state index is 0.0690. The normalized spacial score (nSPS) is 16.5. The molecule has 210 valence electrons. The lowest BCUT2D eigenvalue weighted by atomic mass is 9.89. The third-order valence-electron chi connectivity index (χ3n) is 7.60. The van der Waals surface area contributed by atoms with Gasteiger partial charge in [0.15, 0.2) is 0 Å². The zero-order valence-corrected chi connectivity index (χ0v) is 23.2. The van der Waals surface area contributed by atoms with Gasteiger partial charge >= 0.3 is 6.01 Å². The maximum atomic E-state index is 14.7. The summed E-state index contributed by atoms with van der Waals surface area (Å²) in [6.07, 6.45) is 5.78. The molecule has 7 nitrogen and oxygen atoms in total. The highest BCUT2D eigenvalue weighted by Gasteiger charge is 2.27. The molecule has 1 aromatic carbocycles. The highest BCUT2D eigenvalue weighted by Crippen LogP contribution is 2.28. The third kappa shape index (κ3) is 6.32. The van der Waals surface area contributed by atoms with Crippen molar-refractivity contribution in [3.63, 3.8) is 0 Å². The number of halogens is 2. The number of pyridine rings is 1. The van der Waals surface area contributed by atoms with E-state index in [4.69, 9.17) is 4.74 Å². The Morgan fingerprint density at radius 2 is 2.00 bits per heavy atom. The number of ether oxygens (including phenoxy) is 1. The quantitative estimate of drug-likeness (QED) is 0.337. The van der Waals surface area contributed by atoms with Crippen LogP contribution in [0.25, 0.3) is 11.0 Å². The van der Waals surface area contributed by atoms with Crippen molar-refractivity contribution in [3.8, 4) is 29.7 Å². The molecule has 41 heavy (non-hydrogen) atoms. The van der Waals surface area contributed by atoms with Crippen molar-refractivity contribution in [3.05, 3.63) is 87.6 Å². The summed E-state index contributed by atoms with van der Waals surface area (Å²) < 4.78 is 36.1. The van der Waals surface area contributed by atoms with Crippen molar-refractivity contribution >= 4 is 11.0 Å². The first-order valence-corrected chi connectivity index (χ1v) is 13.6. The van der Waals surface area contributed by atoms with E-state index in [0.717, 1.165) is 36.6 Å². The lowest BCUT2D eigenvalue weighted by Crippen LogP contribution is -2.34. The molecule has 4 heterocycles. The lowest BCUT2D eigenvalue weighted by molar-refractivity contribution is 0.162. The molecule has 1 saturated heterocycles. The van der Waals surface area contributed by atoms with Gasteiger partial charge in [0.05, 0.1) is 12.0 Å². The van der Waals surface area contributed by atoms with Gasteiger partial charge in [-0.2, -0.15) is 9.97 Å². The zero-order chi connectivity index (χ0) is 28.9. The molecule has 1 N–H and O–H groups in total. The number of nitrogens with zero attached hydrogens (tertiary/aromatic N) is 4. The molecular weight excluding hydrogens is 524 g/mol. The minimum Gasteiger partial charge on any atom is -0.463 e. The average molecular weight is 556 g/mol. The van der Waals surface area contributed by atoms with Crippen LogP contribution in [0.15, 0.2) is 53.6 Å². The van der Waals surface area contributed by atoms with E-state index in [1.807, 2.05) is 6.07 Å². The molecule has 0 radical (unpaired) electrons. The summed E-state index contributed by atoms with van der Waals surface area (Å²) in [5, 5.41) is 0.739. The number of fused-ring (bicyclic) bond motifs is 1. The van der Waals surface area contributed by atoms with Gasteiger partial charge in [-0.15, -0.1) is 0 Å². The number of likely N-dealkylation sites (tertiary alicyclic amines) is 1. The summed E-state index contributed by atoms with van der Waals surface area (Å²) in [5.41, 5.74) is 1.17. The Labute approximate surface area is 237 Å². The Bertz CT molecular complexity index is 1740. The van der Waals surface area contributed by atoms with E-state index in [-0.39, 0.29) is 23.6 Å². The van der Waals surface area contributed by atoms with Crippen LogP contribution in [0.2, 0.25) is 0 Å². The SMILES string of the molecule is C[C@@H](COc1nc(C#CC#CCC(c2cc(F)ccc2F)c2cccn(C)c2=O)c2cc[nH]c2n1)[C@H]1CCCN1C. The number of hydrogen-bond acceptors (Lipinski definition) is 5. The summed E-state index contributed by atoms with van der Waals surface area (Å²) >= 11 is 0. The fourth-order valence-corrected chi connectivity index (χ4v) is 5.39. The Morgan fingerprint density at radius 1 is 1.15 bits per heavy atom. The summed E-state index contributed by atoms with van der Waals surface area (Å²) in [6.45, 7) is 3.76. The van der Waals surface area contributed by atoms with E-state index in [1.54, 1.807) is 31.6 Å². The molecule has 1 fully saturated rings. The molecule has 0 spiro atoms. The standard InChI is InChI=1S/C32H31F2N5O2/c1-21(29-12-8-17-38(29)2)20-41-32-36-28(25-15-16-35-30(25)37-32)11-6-4-5-9-23(24-10-7-18-39(3)31(24)40)26-19-22(33)13-14-27(26)34/h7,10,13-16,18-19,21,23,29H,8-9,12,17,20H2,1-3H3,(H,35,36,37)/t21-,23?,29+/m0/s1. The van der Waals surface area contributed by atoms with Gasteiger partial charge in [-0.25, -0.2) is 8.78 Å². The predicted molar refractivity (Wildman–Crippen MR) is 153 cm³/mol. The largest absolute Gasteiger partial charge is 0.463 e. The second-order valence-corrected chi connectivity index (χ2v) is 10.4. The predicted octanol–water partition coefficient (Wildman–Crippen LogP) is 4.62. The minimum atomic E-state index is -0.767. The first kappa shape index (κ1) is 28.1. The van der Waals surface area contributed by atoms with E-state index in [2.05, 4.69) is 57.5 Å². The molecule has 3 atom stereocenters. The Hall–Kier alpha value is -4.47. The van der Waals surface area contributed by atoms with Gasteiger partial charge in [-0.05, 0) is 80.1 Å². The second kappa shape index (κ2) is 12.4. The van der Waals surface area contributed by atoms with Gasteiger partial charge in [0.1, 0.15) is 23.0 Å². The van der Waals surface area contributed by atoms with Gasteiger partial charge < -0.3 is 19.2 Å². The van der Waals surface area contributed by atoms with Crippen molar-refractivity contribution in [2.24, 2.45) is 13.0 Å². The molecule has 0 saturated carbocycles. The van der Waals surface area contributed by atoms with E-state index in [9.17, 15) is 13.6 Å². The van der Waals surface area contributed by atoms with E-state index in [1.165, 1.54) is 11.0 Å². The number of aromatic amines is 1. The summed E-state index contributed by atoms with van der Waals surface area (Å²) in [4.78, 5) is 27.2. The van der Waals surface area contributed by atoms with Crippen LogP contribution in [0.1, 0.15) is 48.9 Å². The van der Waals surface area contributed by atoms with E-state index >= 15 is 0 Å². The van der Waals surface area contributed by atoms with Gasteiger partial charge in [-0.3, -0.25) is 4.79 Å². The van der Waals surface area contributed by atoms with Gasteiger partial charge in [-0.1, -0.05) is 18.9 Å². The Balaban J connectivity index is 1.37. The van der Waals surface area contributed by atoms with Crippen molar-refractivity contribution in [1.82, 2.24) is 24.4 Å². The smallest absolute Gasteiger partial charge is 0.319 e.